The van der Waals surface area contributed by atoms with Gasteiger partial charge in [-0.3, -0.25) is 9.59 Å². The number of hydrazone groups is 1. The molecular formula is C24H21Cl2N3O4. The van der Waals surface area contributed by atoms with Gasteiger partial charge in [0, 0.05) is 21.3 Å². The maximum absolute atomic E-state index is 12.1. The molecule has 0 spiro atoms. The van der Waals surface area contributed by atoms with E-state index < -0.39 is 11.8 Å². The van der Waals surface area contributed by atoms with Crippen LogP contribution in [0.25, 0.3) is 0 Å². The predicted octanol–water partition coefficient (Wildman–Crippen LogP) is 5.06. The molecule has 0 fully saturated rings. The SMILES string of the molecule is COc1cc(/C(C)=N/NC(=O)C(=O)Nc2ccc(Cl)cc2)ccc1OCc1ccc(Cl)cc1. The van der Waals surface area contributed by atoms with Crippen molar-refractivity contribution in [1.29, 1.82) is 0 Å². The average Bonchev–Trinajstić information content (AvgIpc) is 2.83. The number of nitrogens with one attached hydrogen (secondary N) is 2. The highest BCUT2D eigenvalue weighted by molar-refractivity contribution is 6.39. The van der Waals surface area contributed by atoms with Gasteiger partial charge in [-0.25, -0.2) is 5.43 Å². The molecule has 7 nitrogen and oxygen atoms in total. The fourth-order valence-electron chi connectivity index (χ4n) is 2.72. The molecule has 170 valence electrons. The zero-order valence-corrected chi connectivity index (χ0v) is 19.4. The minimum atomic E-state index is -0.904. The van der Waals surface area contributed by atoms with Crippen molar-refractivity contribution >= 4 is 46.4 Å². The van der Waals surface area contributed by atoms with E-state index in [1.54, 1.807) is 61.5 Å². The zero-order valence-electron chi connectivity index (χ0n) is 17.9. The van der Waals surface area contributed by atoms with Crippen molar-refractivity contribution < 1.29 is 19.1 Å². The number of amides is 2. The van der Waals surface area contributed by atoms with E-state index in [1.165, 1.54) is 7.11 Å². The third-order valence-corrected chi connectivity index (χ3v) is 5.03. The lowest BCUT2D eigenvalue weighted by Gasteiger charge is -2.12. The second-order valence-corrected chi connectivity index (χ2v) is 7.75. The van der Waals surface area contributed by atoms with E-state index in [0.717, 1.165) is 5.56 Å². The van der Waals surface area contributed by atoms with Crippen molar-refractivity contribution in [2.24, 2.45) is 5.10 Å². The average molecular weight is 486 g/mol. The molecule has 0 aromatic heterocycles. The first-order chi connectivity index (χ1) is 15.9. The van der Waals surface area contributed by atoms with Crippen molar-refractivity contribution in [3.8, 4) is 11.5 Å². The van der Waals surface area contributed by atoms with Crippen LogP contribution in [-0.2, 0) is 16.2 Å². The molecule has 0 unspecified atom stereocenters. The van der Waals surface area contributed by atoms with Gasteiger partial charge < -0.3 is 14.8 Å². The van der Waals surface area contributed by atoms with Crippen LogP contribution in [0.1, 0.15) is 18.1 Å². The van der Waals surface area contributed by atoms with Crippen LogP contribution in [0.5, 0.6) is 11.5 Å². The van der Waals surface area contributed by atoms with E-state index in [-0.39, 0.29) is 0 Å². The van der Waals surface area contributed by atoms with Gasteiger partial charge in [-0.2, -0.15) is 5.10 Å². The van der Waals surface area contributed by atoms with Crippen LogP contribution >= 0.6 is 23.2 Å². The number of methoxy groups -OCH3 is 1. The van der Waals surface area contributed by atoms with Gasteiger partial charge in [0.15, 0.2) is 11.5 Å². The lowest BCUT2D eigenvalue weighted by Crippen LogP contribution is -2.32. The summed E-state index contributed by atoms with van der Waals surface area (Å²) in [6.07, 6.45) is 0. The maximum atomic E-state index is 12.1. The number of anilines is 1. The Kier molecular flexibility index (Phi) is 8.29. The molecule has 0 aliphatic carbocycles. The number of hydrogen-bond acceptors (Lipinski definition) is 5. The van der Waals surface area contributed by atoms with Crippen LogP contribution in [0.15, 0.2) is 71.8 Å². The number of nitrogens with zero attached hydrogens (tertiary/aromatic N) is 1. The molecular weight excluding hydrogens is 465 g/mol. The van der Waals surface area contributed by atoms with Crippen molar-refractivity contribution in [3.63, 3.8) is 0 Å². The predicted molar refractivity (Wildman–Crippen MR) is 129 cm³/mol. The summed E-state index contributed by atoms with van der Waals surface area (Å²) in [6.45, 7) is 2.04. The van der Waals surface area contributed by atoms with Gasteiger partial charge in [0.1, 0.15) is 6.61 Å². The van der Waals surface area contributed by atoms with Gasteiger partial charge >= 0.3 is 11.8 Å². The molecule has 0 aliphatic heterocycles. The highest BCUT2D eigenvalue weighted by atomic mass is 35.5. The molecule has 0 atom stereocenters. The Labute approximate surface area is 201 Å². The summed E-state index contributed by atoms with van der Waals surface area (Å²) in [6, 6.07) is 19.0. The van der Waals surface area contributed by atoms with Crippen molar-refractivity contribution in [1.82, 2.24) is 5.43 Å². The Balaban J connectivity index is 1.61. The van der Waals surface area contributed by atoms with Gasteiger partial charge in [0.25, 0.3) is 0 Å². The lowest BCUT2D eigenvalue weighted by molar-refractivity contribution is -0.136. The smallest absolute Gasteiger partial charge is 0.329 e. The standard InChI is InChI=1S/C24H21Cl2N3O4/c1-15(28-29-24(31)23(30)27-20-10-8-19(26)9-11-20)17-5-12-21(22(13-17)32-2)33-14-16-3-6-18(25)7-4-16/h3-13H,14H2,1-2H3,(H,27,30)(H,29,31)/b28-15+. The molecule has 2 amide bonds. The van der Waals surface area contributed by atoms with Crippen LogP contribution < -0.4 is 20.2 Å². The number of benzene rings is 3. The quantitative estimate of drug-likeness (QED) is 0.278. The molecule has 3 aromatic rings. The summed E-state index contributed by atoms with van der Waals surface area (Å²) in [5.74, 6) is -0.699. The Bertz CT molecular complexity index is 1160. The van der Waals surface area contributed by atoms with Crippen LogP contribution in [0.3, 0.4) is 0 Å². The summed E-state index contributed by atoms with van der Waals surface area (Å²) < 4.78 is 11.3. The molecule has 0 bridgehead atoms. The summed E-state index contributed by atoms with van der Waals surface area (Å²) in [4.78, 5) is 24.1. The van der Waals surface area contributed by atoms with Crippen molar-refractivity contribution in [2.45, 2.75) is 13.5 Å². The Hall–Kier alpha value is -3.55. The Morgan fingerprint density at radius 3 is 2.15 bits per heavy atom. The van der Waals surface area contributed by atoms with Gasteiger partial charge in [-0.1, -0.05) is 35.3 Å². The van der Waals surface area contributed by atoms with Crippen LogP contribution in [0.2, 0.25) is 10.0 Å². The first-order valence-electron chi connectivity index (χ1n) is 9.82. The zero-order chi connectivity index (χ0) is 23.8. The summed E-state index contributed by atoms with van der Waals surface area (Å²) in [5.41, 5.74) is 4.81. The van der Waals surface area contributed by atoms with Crippen LogP contribution in [-0.4, -0.2) is 24.6 Å². The van der Waals surface area contributed by atoms with Gasteiger partial charge in [0.05, 0.1) is 12.8 Å². The van der Waals surface area contributed by atoms with Gasteiger partial charge in [-0.05, 0) is 67.1 Å². The van der Waals surface area contributed by atoms with E-state index in [4.69, 9.17) is 32.7 Å². The first-order valence-corrected chi connectivity index (χ1v) is 10.6. The number of rotatable bonds is 7. The highest BCUT2D eigenvalue weighted by Crippen LogP contribution is 2.29. The van der Waals surface area contributed by atoms with E-state index in [2.05, 4.69) is 15.8 Å². The fourth-order valence-corrected chi connectivity index (χ4v) is 2.98. The number of halogens is 2. The molecule has 0 heterocycles. The number of hydrogen-bond donors (Lipinski definition) is 2. The summed E-state index contributed by atoms with van der Waals surface area (Å²) >= 11 is 11.7. The number of ether oxygens (including phenoxy) is 2. The molecule has 33 heavy (non-hydrogen) atoms. The van der Waals surface area contributed by atoms with Gasteiger partial charge in [0.2, 0.25) is 0 Å². The first kappa shape index (κ1) is 24.1. The summed E-state index contributed by atoms with van der Waals surface area (Å²) in [5, 5.41) is 7.65. The van der Waals surface area contributed by atoms with Crippen LogP contribution in [0, 0.1) is 0 Å². The second-order valence-electron chi connectivity index (χ2n) is 6.88. The number of carbonyl (C=O) groups excluding carboxylic acids is 2. The lowest BCUT2D eigenvalue weighted by atomic mass is 10.1. The minimum absolute atomic E-state index is 0.346. The van der Waals surface area contributed by atoms with Crippen molar-refractivity contribution in [2.75, 3.05) is 12.4 Å². The van der Waals surface area contributed by atoms with Crippen molar-refractivity contribution in [3.05, 3.63) is 87.9 Å². The topological polar surface area (TPSA) is 89.0 Å². The van der Waals surface area contributed by atoms with Crippen LogP contribution in [0.4, 0.5) is 5.69 Å². The number of carbonyl (C=O) groups is 2. The third kappa shape index (κ3) is 6.97. The van der Waals surface area contributed by atoms with E-state index in [0.29, 0.717) is 45.1 Å². The molecule has 3 aromatic carbocycles. The molecule has 0 saturated carbocycles. The molecule has 3 rings (SSSR count). The second kappa shape index (κ2) is 11.4. The summed E-state index contributed by atoms with van der Waals surface area (Å²) in [7, 11) is 1.53. The molecule has 2 N–H and O–H groups in total. The third-order valence-electron chi connectivity index (χ3n) is 4.52. The Morgan fingerprint density at radius 2 is 1.52 bits per heavy atom. The molecule has 0 saturated heterocycles. The minimum Gasteiger partial charge on any atom is -0.493 e. The normalized spacial score (nSPS) is 11.0. The van der Waals surface area contributed by atoms with E-state index in [1.807, 2.05) is 12.1 Å². The van der Waals surface area contributed by atoms with E-state index in [9.17, 15) is 9.59 Å². The molecule has 9 heteroatoms. The van der Waals surface area contributed by atoms with Gasteiger partial charge in [-0.15, -0.1) is 0 Å². The Morgan fingerprint density at radius 1 is 0.879 bits per heavy atom. The largest absolute Gasteiger partial charge is 0.493 e. The molecule has 0 radical (unpaired) electrons. The van der Waals surface area contributed by atoms with E-state index >= 15 is 0 Å². The monoisotopic (exact) mass is 485 g/mol. The highest BCUT2D eigenvalue weighted by Gasteiger charge is 2.14. The maximum Gasteiger partial charge on any atom is 0.329 e. The fraction of sp³-hybridized carbons (Fsp3) is 0.125. The molecule has 0 aliphatic rings.